The van der Waals surface area contributed by atoms with E-state index in [1.54, 1.807) is 7.05 Å². The van der Waals surface area contributed by atoms with Gasteiger partial charge in [-0.3, -0.25) is 9.79 Å². The van der Waals surface area contributed by atoms with Gasteiger partial charge in [0.2, 0.25) is 0 Å². The van der Waals surface area contributed by atoms with Gasteiger partial charge in [-0.25, -0.2) is 5.43 Å². The first-order chi connectivity index (χ1) is 3.84. The van der Waals surface area contributed by atoms with Gasteiger partial charge in [-0.2, -0.15) is 5.10 Å². The molecule has 0 unspecified atom stereocenters. The van der Waals surface area contributed by atoms with Crippen molar-refractivity contribution in [1.82, 2.24) is 5.43 Å². The van der Waals surface area contributed by atoms with E-state index in [0.29, 0.717) is 5.71 Å². The summed E-state index contributed by atoms with van der Waals surface area (Å²) in [5, 5.41) is 3.46. The van der Waals surface area contributed by atoms with Crippen LogP contribution in [0, 0.1) is 0 Å². The lowest BCUT2D eigenvalue weighted by Crippen LogP contribution is -2.19. The van der Waals surface area contributed by atoms with E-state index in [1.807, 2.05) is 0 Å². The fraction of sp³-hybridized carbons (Fsp3) is 0.250. The molecule has 1 aliphatic heterocycles. The average Bonchev–Trinajstić information content (AvgIpc) is 2.14. The van der Waals surface area contributed by atoms with Crippen LogP contribution in [-0.2, 0) is 4.79 Å². The van der Waals surface area contributed by atoms with E-state index in [4.69, 9.17) is 0 Å². The molecule has 1 rings (SSSR count). The fourth-order valence-electron chi connectivity index (χ4n) is 0.427. The maximum atomic E-state index is 10.4. The van der Waals surface area contributed by atoms with Crippen LogP contribution in [0.4, 0.5) is 0 Å². The lowest BCUT2D eigenvalue weighted by molar-refractivity contribution is -0.114. The molecule has 8 heavy (non-hydrogen) atoms. The highest BCUT2D eigenvalue weighted by atomic mass is 16.2. The van der Waals surface area contributed by atoms with Crippen LogP contribution in [0.2, 0.25) is 0 Å². The topological polar surface area (TPSA) is 53.8 Å². The molecule has 4 nitrogen and oxygen atoms in total. The summed E-state index contributed by atoms with van der Waals surface area (Å²) in [5.41, 5.74) is 2.60. The van der Waals surface area contributed by atoms with Crippen molar-refractivity contribution in [1.29, 1.82) is 0 Å². The normalized spacial score (nSPS) is 22.1. The van der Waals surface area contributed by atoms with Crippen molar-refractivity contribution in [3.05, 3.63) is 0 Å². The summed E-state index contributed by atoms with van der Waals surface area (Å²) >= 11 is 0. The summed E-state index contributed by atoms with van der Waals surface area (Å²) in [6.07, 6.45) is 1.39. The number of carbonyl (C=O) groups excluding carboxylic acids is 1. The molecule has 1 amide bonds. The zero-order valence-electron chi connectivity index (χ0n) is 4.38. The van der Waals surface area contributed by atoms with Gasteiger partial charge in [0.1, 0.15) is 5.71 Å². The largest absolute Gasteiger partial charge is 0.291 e. The van der Waals surface area contributed by atoms with Crippen LogP contribution in [0.3, 0.4) is 0 Å². The molecular formula is C4H5N3O. The minimum absolute atomic E-state index is 0.229. The number of hydrazone groups is 1. The first-order valence-corrected chi connectivity index (χ1v) is 2.15. The molecule has 1 aliphatic rings. The molecule has 0 radical (unpaired) electrons. The number of carbonyl (C=O) groups is 1. The Morgan fingerprint density at radius 1 is 1.88 bits per heavy atom. The van der Waals surface area contributed by atoms with Crippen LogP contribution in [0.15, 0.2) is 10.1 Å². The predicted octanol–water partition coefficient (Wildman–Crippen LogP) is -0.827. The number of hydrogen-bond donors (Lipinski definition) is 1. The van der Waals surface area contributed by atoms with Gasteiger partial charge in [0.15, 0.2) is 0 Å². The lowest BCUT2D eigenvalue weighted by atomic mass is 10.4. The third-order valence-electron chi connectivity index (χ3n) is 0.826. The summed E-state index contributed by atoms with van der Waals surface area (Å²) in [7, 11) is 1.55. The Bertz CT molecular complexity index is 170. The first-order valence-electron chi connectivity index (χ1n) is 2.15. The number of rotatable bonds is 0. The molecule has 42 valence electrons. The Morgan fingerprint density at radius 2 is 2.62 bits per heavy atom. The monoisotopic (exact) mass is 111 g/mol. The molecule has 1 heterocycles. The third-order valence-corrected chi connectivity index (χ3v) is 0.826. The highest BCUT2D eigenvalue weighted by Crippen LogP contribution is 1.80. The Morgan fingerprint density at radius 3 is 2.88 bits per heavy atom. The number of nitrogens with zero attached hydrogens (tertiary/aromatic N) is 2. The number of hydrogen-bond acceptors (Lipinski definition) is 3. The van der Waals surface area contributed by atoms with Gasteiger partial charge in [-0.1, -0.05) is 0 Å². The standard InChI is InChI=1S/C4H5N3O/c1-5-3-2-6-7-4(3)8/h2H,1H3,(H,5,7,8). The van der Waals surface area contributed by atoms with Gasteiger partial charge in [0, 0.05) is 7.05 Å². The maximum absolute atomic E-state index is 10.4. The second-order valence-corrected chi connectivity index (χ2v) is 1.31. The SMILES string of the molecule is CN=C1C=NNC1=O. The van der Waals surface area contributed by atoms with E-state index in [9.17, 15) is 4.79 Å². The molecule has 0 aromatic heterocycles. The maximum Gasteiger partial charge on any atom is 0.291 e. The Balaban J connectivity index is 2.82. The zero-order chi connectivity index (χ0) is 5.98. The summed E-state index contributed by atoms with van der Waals surface area (Å²) in [6, 6.07) is 0. The van der Waals surface area contributed by atoms with Gasteiger partial charge in [0.25, 0.3) is 5.91 Å². The number of aliphatic imine (C=N–C) groups is 1. The molecule has 0 aliphatic carbocycles. The summed E-state index contributed by atoms with van der Waals surface area (Å²) in [4.78, 5) is 14.1. The lowest BCUT2D eigenvalue weighted by Gasteiger charge is -1.82. The second kappa shape index (κ2) is 1.73. The number of nitrogens with one attached hydrogen (secondary N) is 1. The predicted molar refractivity (Wildman–Crippen MR) is 30.0 cm³/mol. The van der Waals surface area contributed by atoms with E-state index in [1.165, 1.54) is 6.21 Å². The van der Waals surface area contributed by atoms with Crippen LogP contribution in [0.1, 0.15) is 0 Å². The third kappa shape index (κ3) is 0.598. The zero-order valence-corrected chi connectivity index (χ0v) is 4.38. The Hall–Kier alpha value is -1.19. The minimum Gasteiger partial charge on any atom is -0.282 e. The molecule has 4 heteroatoms. The molecule has 0 bridgehead atoms. The number of amides is 1. The van der Waals surface area contributed by atoms with Gasteiger partial charge in [0.05, 0.1) is 6.21 Å². The van der Waals surface area contributed by atoms with E-state index >= 15 is 0 Å². The van der Waals surface area contributed by atoms with Gasteiger partial charge < -0.3 is 0 Å². The minimum atomic E-state index is -0.229. The highest BCUT2D eigenvalue weighted by Gasteiger charge is 2.11. The van der Waals surface area contributed by atoms with Crippen LogP contribution in [-0.4, -0.2) is 24.9 Å². The average molecular weight is 111 g/mol. The van der Waals surface area contributed by atoms with E-state index in [2.05, 4.69) is 15.5 Å². The Labute approximate surface area is 46.3 Å². The Kier molecular flexibility index (Phi) is 1.07. The van der Waals surface area contributed by atoms with Crippen LogP contribution < -0.4 is 5.43 Å². The van der Waals surface area contributed by atoms with E-state index in [0.717, 1.165) is 0 Å². The van der Waals surface area contributed by atoms with Crippen molar-refractivity contribution in [2.75, 3.05) is 7.05 Å². The van der Waals surface area contributed by atoms with Gasteiger partial charge in [-0.15, -0.1) is 0 Å². The molecule has 0 saturated carbocycles. The van der Waals surface area contributed by atoms with Crippen LogP contribution in [0.25, 0.3) is 0 Å². The van der Waals surface area contributed by atoms with Crippen LogP contribution >= 0.6 is 0 Å². The van der Waals surface area contributed by atoms with Crippen molar-refractivity contribution < 1.29 is 4.79 Å². The molecular weight excluding hydrogens is 106 g/mol. The van der Waals surface area contributed by atoms with Crippen molar-refractivity contribution in [2.24, 2.45) is 10.1 Å². The summed E-state index contributed by atoms with van der Waals surface area (Å²) in [5.74, 6) is -0.229. The molecule has 0 aromatic rings. The smallest absolute Gasteiger partial charge is 0.282 e. The molecule has 0 saturated heterocycles. The summed E-state index contributed by atoms with van der Waals surface area (Å²) in [6.45, 7) is 0. The van der Waals surface area contributed by atoms with Gasteiger partial charge in [-0.05, 0) is 0 Å². The summed E-state index contributed by atoms with van der Waals surface area (Å²) < 4.78 is 0. The van der Waals surface area contributed by atoms with Crippen LogP contribution in [0.5, 0.6) is 0 Å². The molecule has 0 spiro atoms. The van der Waals surface area contributed by atoms with Crippen molar-refractivity contribution in [2.45, 2.75) is 0 Å². The fourth-order valence-corrected chi connectivity index (χ4v) is 0.427. The molecule has 0 atom stereocenters. The van der Waals surface area contributed by atoms with Gasteiger partial charge >= 0.3 is 0 Å². The van der Waals surface area contributed by atoms with E-state index in [-0.39, 0.29) is 5.91 Å². The first kappa shape index (κ1) is 4.96. The van der Waals surface area contributed by atoms with E-state index < -0.39 is 0 Å². The van der Waals surface area contributed by atoms with Crippen molar-refractivity contribution in [3.63, 3.8) is 0 Å². The quantitative estimate of drug-likeness (QED) is 0.436. The highest BCUT2D eigenvalue weighted by molar-refractivity contribution is 6.62. The molecule has 0 aromatic carbocycles. The molecule has 0 fully saturated rings. The molecule has 1 N–H and O–H groups in total. The second-order valence-electron chi connectivity index (χ2n) is 1.31. The van der Waals surface area contributed by atoms with Crippen molar-refractivity contribution >= 4 is 17.8 Å². The van der Waals surface area contributed by atoms with Crippen molar-refractivity contribution in [3.8, 4) is 0 Å².